The van der Waals surface area contributed by atoms with Crippen LogP contribution in [0.1, 0.15) is 82.1 Å². The van der Waals surface area contributed by atoms with Gasteiger partial charge in [-0.15, -0.1) is 0 Å². The molecule has 5 heterocycles. The van der Waals surface area contributed by atoms with E-state index in [0.717, 1.165) is 75.5 Å². The first-order valence-electron chi connectivity index (χ1n) is 20.3. The van der Waals surface area contributed by atoms with Crippen molar-refractivity contribution in [2.75, 3.05) is 69.3 Å². The number of nitrogens with one attached hydrogen (secondary N) is 1. The molecule has 0 bridgehead atoms. The molecule has 57 heavy (non-hydrogen) atoms. The highest BCUT2D eigenvalue weighted by Gasteiger charge is 2.34. The lowest BCUT2D eigenvalue weighted by Crippen LogP contribution is -2.49. The van der Waals surface area contributed by atoms with Gasteiger partial charge in [-0.2, -0.15) is 0 Å². The lowest BCUT2D eigenvalue weighted by molar-refractivity contribution is -0.132. The van der Waals surface area contributed by atoms with E-state index in [1.807, 2.05) is 12.1 Å². The van der Waals surface area contributed by atoms with Crippen LogP contribution >= 0.6 is 0 Å². The van der Waals surface area contributed by atoms with Crippen LogP contribution in [0.25, 0.3) is 0 Å². The Morgan fingerprint density at radius 1 is 0.825 bits per heavy atom. The number of carbonyl (C=O) groups excluding carboxylic acids is 3. The van der Waals surface area contributed by atoms with Gasteiger partial charge in [-0.1, -0.05) is 48.0 Å². The number of piperidine rings is 2. The van der Waals surface area contributed by atoms with Crippen molar-refractivity contribution in [3.63, 3.8) is 0 Å². The van der Waals surface area contributed by atoms with Crippen molar-refractivity contribution in [2.24, 2.45) is 5.92 Å². The number of ether oxygens (including phenoxy) is 1. The Labute approximate surface area is 334 Å². The first-order valence-corrected chi connectivity index (χ1v) is 20.3. The molecule has 9 rings (SSSR count). The van der Waals surface area contributed by atoms with E-state index >= 15 is 4.39 Å². The molecule has 0 aliphatic carbocycles. The number of carbonyl (C=O) groups is 3. The molecule has 5 aliphatic heterocycles. The molecule has 0 spiro atoms. The van der Waals surface area contributed by atoms with Crippen molar-refractivity contribution in [1.29, 1.82) is 0 Å². The van der Waals surface area contributed by atoms with Crippen LogP contribution in [0.4, 0.5) is 15.8 Å². The lowest BCUT2D eigenvalue weighted by Gasteiger charge is -2.40. The third-order valence-electron chi connectivity index (χ3n) is 12.3. The smallest absolute Gasteiger partial charge is 0.254 e. The van der Waals surface area contributed by atoms with Crippen molar-refractivity contribution in [3.8, 4) is 11.5 Å². The Morgan fingerprint density at radius 3 is 2.25 bits per heavy atom. The molecule has 0 saturated carbocycles. The third kappa shape index (κ3) is 8.49. The van der Waals surface area contributed by atoms with Crippen molar-refractivity contribution in [2.45, 2.75) is 57.4 Å². The van der Waals surface area contributed by atoms with Gasteiger partial charge >= 0.3 is 0 Å². The molecule has 4 aromatic rings. The van der Waals surface area contributed by atoms with Gasteiger partial charge in [-0.05, 0) is 79.1 Å². The number of fused-ring (bicyclic) bond motifs is 2. The summed E-state index contributed by atoms with van der Waals surface area (Å²) in [6, 6.07) is 26.7. The zero-order valence-corrected chi connectivity index (χ0v) is 32.9. The molecule has 10 nitrogen and oxygen atoms in total. The number of hydrogen-bond acceptors (Lipinski definition) is 8. The summed E-state index contributed by atoms with van der Waals surface area (Å²) < 4.78 is 21.2. The van der Waals surface area contributed by atoms with Gasteiger partial charge in [-0.3, -0.25) is 24.6 Å². The molecule has 3 amide bonds. The Bertz CT molecular complexity index is 2110. The first-order chi connectivity index (χ1) is 27.6. The van der Waals surface area contributed by atoms with Crippen LogP contribution < -0.4 is 19.9 Å². The van der Waals surface area contributed by atoms with Crippen LogP contribution in [0.5, 0.6) is 11.5 Å². The van der Waals surface area contributed by atoms with Crippen LogP contribution in [-0.2, 0) is 16.1 Å². The van der Waals surface area contributed by atoms with E-state index in [-0.39, 0.29) is 41.1 Å². The minimum Gasteiger partial charge on any atom is -0.508 e. The number of amides is 3. The predicted octanol–water partition coefficient (Wildman–Crippen LogP) is 6.59. The summed E-state index contributed by atoms with van der Waals surface area (Å²) in [7, 11) is 1.77. The molecular formula is C46H52FN5O5. The van der Waals surface area contributed by atoms with Gasteiger partial charge in [0.25, 0.3) is 5.91 Å². The van der Waals surface area contributed by atoms with Crippen molar-refractivity contribution >= 4 is 29.1 Å². The minimum absolute atomic E-state index is 0.0935. The maximum absolute atomic E-state index is 15.0. The van der Waals surface area contributed by atoms with Crippen molar-refractivity contribution in [1.82, 2.24) is 15.1 Å². The van der Waals surface area contributed by atoms with E-state index < -0.39 is 0 Å². The first kappa shape index (κ1) is 38.5. The zero-order chi connectivity index (χ0) is 39.6. The number of imide groups is 1. The topological polar surface area (TPSA) is 106 Å². The summed E-state index contributed by atoms with van der Waals surface area (Å²) in [6.45, 7) is 9.88. The van der Waals surface area contributed by atoms with E-state index in [0.29, 0.717) is 49.6 Å². The summed E-state index contributed by atoms with van der Waals surface area (Å²) in [4.78, 5) is 41.8. The zero-order valence-electron chi connectivity index (χ0n) is 32.9. The second kappa shape index (κ2) is 16.6. The summed E-state index contributed by atoms with van der Waals surface area (Å²) in [6.07, 6.45) is 4.05. The Balaban J connectivity index is 0.000000509. The van der Waals surface area contributed by atoms with Gasteiger partial charge in [0, 0.05) is 107 Å². The molecule has 298 valence electrons. The maximum Gasteiger partial charge on any atom is 0.254 e. The van der Waals surface area contributed by atoms with E-state index in [4.69, 9.17) is 4.74 Å². The molecule has 2 unspecified atom stereocenters. The number of halogens is 1. The second-order valence-electron chi connectivity index (χ2n) is 16.3. The third-order valence-corrected chi connectivity index (χ3v) is 12.3. The molecule has 5 aliphatic rings. The Kier molecular flexibility index (Phi) is 11.2. The number of benzene rings is 4. The second-order valence-corrected chi connectivity index (χ2v) is 16.3. The van der Waals surface area contributed by atoms with Gasteiger partial charge in [0.05, 0.1) is 12.3 Å². The van der Waals surface area contributed by atoms with Crippen LogP contribution in [-0.4, -0.2) is 92.1 Å². The minimum atomic E-state index is -0.291. The number of phenolic OH excluding ortho intramolecular Hbond substituents is 1. The van der Waals surface area contributed by atoms with Crippen LogP contribution in [0, 0.1) is 18.7 Å². The molecule has 0 aromatic heterocycles. The van der Waals surface area contributed by atoms with Crippen molar-refractivity contribution in [3.05, 3.63) is 118 Å². The number of hydrogen-bond donors (Lipinski definition) is 2. The van der Waals surface area contributed by atoms with Crippen LogP contribution in [0.3, 0.4) is 0 Å². The van der Waals surface area contributed by atoms with Gasteiger partial charge < -0.3 is 24.5 Å². The van der Waals surface area contributed by atoms with Crippen LogP contribution in [0.15, 0.2) is 78.9 Å². The van der Waals surface area contributed by atoms with E-state index in [1.54, 1.807) is 24.1 Å². The van der Waals surface area contributed by atoms with E-state index in [9.17, 15) is 19.5 Å². The highest BCUT2D eigenvalue weighted by atomic mass is 19.1. The summed E-state index contributed by atoms with van der Waals surface area (Å²) in [5, 5.41) is 12.3. The quantitative estimate of drug-likeness (QED) is 0.212. The molecule has 4 aromatic carbocycles. The number of aryl methyl sites for hydroxylation is 1. The van der Waals surface area contributed by atoms with Crippen molar-refractivity contribution < 1.29 is 28.6 Å². The lowest BCUT2D eigenvalue weighted by atomic mass is 9.75. The van der Waals surface area contributed by atoms with Crippen LogP contribution in [0.2, 0.25) is 0 Å². The fourth-order valence-electron chi connectivity index (χ4n) is 9.20. The average Bonchev–Trinajstić information content (AvgIpc) is 3.49. The largest absolute Gasteiger partial charge is 0.508 e. The standard InChI is InChI=1S/C41H45FN4O3.C5H7NO2/c1-27-4-3-5-30(20-27)36-26-49-39-22-33(47)10-11-34(39)40(36)29-6-8-32(9-7-29)45-14-12-28(13-15-45)24-44-16-18-46(19-17-44)38-21-31-25-43(2)41(48)35(31)23-37(38)42;7-4-2-1-3-5(8)6-4/h3-11,20-23,28,36,40,47H,12-19,24-26H2,1-2H3;1-3H2,(H,6,7,8). The van der Waals surface area contributed by atoms with Gasteiger partial charge in [0.1, 0.15) is 17.3 Å². The molecule has 11 heteroatoms. The number of nitrogens with zero attached hydrogens (tertiary/aromatic N) is 4. The number of phenols is 1. The SMILES string of the molecule is Cc1cccc(C2COc3cc(O)ccc3C2c2ccc(N3CCC(CN4CCN(c5cc6c(cc5F)C(=O)N(C)C6)CC4)CC3)cc2)c1.O=C1CCCC(=O)N1. The highest BCUT2D eigenvalue weighted by molar-refractivity contribution is 5.99. The molecular weight excluding hydrogens is 722 g/mol. The summed E-state index contributed by atoms with van der Waals surface area (Å²) in [5.74, 6) is 1.31. The highest BCUT2D eigenvalue weighted by Crippen LogP contribution is 2.47. The van der Waals surface area contributed by atoms with E-state index in [1.165, 1.54) is 28.4 Å². The van der Waals surface area contributed by atoms with Gasteiger partial charge in [0.2, 0.25) is 11.8 Å². The number of rotatable bonds is 6. The molecule has 3 fully saturated rings. The van der Waals surface area contributed by atoms with E-state index in [2.05, 4.69) is 75.5 Å². The Morgan fingerprint density at radius 2 is 1.56 bits per heavy atom. The molecule has 2 N–H and O–H groups in total. The average molecular weight is 774 g/mol. The number of aromatic hydroxyl groups is 1. The fourth-order valence-corrected chi connectivity index (χ4v) is 9.20. The number of anilines is 2. The van der Waals surface area contributed by atoms with Gasteiger partial charge in [-0.25, -0.2) is 4.39 Å². The monoisotopic (exact) mass is 773 g/mol. The van der Waals surface area contributed by atoms with Gasteiger partial charge in [0.15, 0.2) is 0 Å². The molecule has 0 radical (unpaired) electrons. The Hall–Kier alpha value is -5.42. The molecule has 3 saturated heterocycles. The summed E-state index contributed by atoms with van der Waals surface area (Å²) in [5.41, 5.74) is 8.23. The normalized spacial score (nSPS) is 21.3. The summed E-state index contributed by atoms with van der Waals surface area (Å²) >= 11 is 0. The fraction of sp³-hybridized carbons (Fsp3) is 0.413. The predicted molar refractivity (Wildman–Crippen MR) is 219 cm³/mol. The maximum atomic E-state index is 15.0. The number of piperazine rings is 1. The molecule has 2 atom stereocenters.